The van der Waals surface area contributed by atoms with Gasteiger partial charge in [-0.2, -0.15) is 5.10 Å². The maximum Gasteiger partial charge on any atom is 0.271 e. The number of ether oxygens (including phenoxy) is 3. The predicted molar refractivity (Wildman–Crippen MR) is 151 cm³/mol. The van der Waals surface area contributed by atoms with Crippen molar-refractivity contribution in [3.63, 3.8) is 0 Å². The van der Waals surface area contributed by atoms with E-state index in [2.05, 4.69) is 15.8 Å². The van der Waals surface area contributed by atoms with E-state index in [9.17, 15) is 9.59 Å². The lowest BCUT2D eigenvalue weighted by Crippen LogP contribution is -2.20. The standard InChI is InChI=1S/C31H29N3O5/c1-22-8-13-26(14-9-22)33-30(35)21-38-27-15-10-23(11-16-27)19-32-34-31(36)25-12-17-28(29(18-25)37-2)39-20-24-6-4-3-5-7-24/h3-19H,20-21H2,1-2H3,(H,33,35)(H,34,36)/b32-19+. The van der Waals surface area contributed by atoms with Gasteiger partial charge in [0, 0.05) is 11.3 Å². The van der Waals surface area contributed by atoms with Crippen LogP contribution in [0.5, 0.6) is 17.2 Å². The smallest absolute Gasteiger partial charge is 0.271 e. The van der Waals surface area contributed by atoms with Crippen LogP contribution in [-0.4, -0.2) is 31.7 Å². The topological polar surface area (TPSA) is 98.3 Å². The van der Waals surface area contributed by atoms with E-state index >= 15 is 0 Å². The lowest BCUT2D eigenvalue weighted by Gasteiger charge is -2.12. The van der Waals surface area contributed by atoms with Crippen molar-refractivity contribution in [2.24, 2.45) is 5.10 Å². The first-order chi connectivity index (χ1) is 19.0. The third-order valence-corrected chi connectivity index (χ3v) is 5.63. The van der Waals surface area contributed by atoms with Crippen LogP contribution < -0.4 is 25.0 Å². The Morgan fingerprint density at radius 1 is 0.846 bits per heavy atom. The molecule has 198 valence electrons. The molecule has 8 nitrogen and oxygen atoms in total. The number of aryl methyl sites for hydroxylation is 1. The van der Waals surface area contributed by atoms with Crippen molar-refractivity contribution >= 4 is 23.7 Å². The van der Waals surface area contributed by atoms with Crippen LogP contribution >= 0.6 is 0 Å². The van der Waals surface area contributed by atoms with Gasteiger partial charge in [-0.1, -0.05) is 48.0 Å². The molecule has 0 aliphatic rings. The minimum Gasteiger partial charge on any atom is -0.493 e. The highest BCUT2D eigenvalue weighted by molar-refractivity contribution is 5.95. The van der Waals surface area contributed by atoms with Gasteiger partial charge in [0.15, 0.2) is 18.1 Å². The molecular formula is C31H29N3O5. The molecule has 0 fully saturated rings. The second-order valence-corrected chi connectivity index (χ2v) is 8.61. The van der Waals surface area contributed by atoms with Gasteiger partial charge in [0.2, 0.25) is 0 Å². The Morgan fingerprint density at radius 3 is 2.31 bits per heavy atom. The zero-order valence-corrected chi connectivity index (χ0v) is 21.7. The van der Waals surface area contributed by atoms with Gasteiger partial charge in [-0.15, -0.1) is 0 Å². The highest BCUT2D eigenvalue weighted by Gasteiger charge is 2.11. The fourth-order valence-electron chi connectivity index (χ4n) is 3.53. The first kappa shape index (κ1) is 26.9. The number of rotatable bonds is 11. The van der Waals surface area contributed by atoms with Crippen molar-refractivity contribution in [3.8, 4) is 17.2 Å². The van der Waals surface area contributed by atoms with Crippen LogP contribution in [0.1, 0.15) is 27.0 Å². The van der Waals surface area contributed by atoms with Crippen LogP contribution in [-0.2, 0) is 11.4 Å². The Balaban J connectivity index is 1.25. The summed E-state index contributed by atoms with van der Waals surface area (Å²) in [6, 6.07) is 29.2. The Hall–Kier alpha value is -5.11. The van der Waals surface area contributed by atoms with Crippen LogP contribution in [0.3, 0.4) is 0 Å². The normalized spacial score (nSPS) is 10.6. The van der Waals surface area contributed by atoms with E-state index in [1.54, 1.807) is 42.5 Å². The van der Waals surface area contributed by atoms with E-state index in [0.29, 0.717) is 35.1 Å². The molecule has 0 aliphatic carbocycles. The highest BCUT2D eigenvalue weighted by atomic mass is 16.5. The van der Waals surface area contributed by atoms with Crippen LogP contribution in [0, 0.1) is 6.92 Å². The first-order valence-electron chi connectivity index (χ1n) is 12.3. The second-order valence-electron chi connectivity index (χ2n) is 8.61. The van der Waals surface area contributed by atoms with Crippen LogP contribution in [0.4, 0.5) is 5.69 Å². The van der Waals surface area contributed by atoms with Crippen molar-refractivity contribution in [3.05, 3.63) is 119 Å². The van der Waals surface area contributed by atoms with Gasteiger partial charge in [-0.3, -0.25) is 9.59 Å². The maximum atomic E-state index is 12.6. The molecule has 0 aromatic heterocycles. The summed E-state index contributed by atoms with van der Waals surface area (Å²) in [6.45, 7) is 2.26. The van der Waals surface area contributed by atoms with Crippen LogP contribution in [0.15, 0.2) is 102 Å². The molecule has 0 radical (unpaired) electrons. The van der Waals surface area contributed by atoms with E-state index in [1.807, 2.05) is 61.5 Å². The van der Waals surface area contributed by atoms with Gasteiger partial charge in [0.05, 0.1) is 13.3 Å². The molecule has 0 atom stereocenters. The van der Waals surface area contributed by atoms with E-state index in [0.717, 1.165) is 16.7 Å². The minimum absolute atomic E-state index is 0.114. The summed E-state index contributed by atoms with van der Waals surface area (Å²) in [6.07, 6.45) is 1.51. The number of benzene rings is 4. The molecule has 0 saturated heterocycles. The number of carbonyl (C=O) groups excluding carboxylic acids is 2. The van der Waals surface area contributed by atoms with Crippen LogP contribution in [0.25, 0.3) is 0 Å². The molecule has 0 bridgehead atoms. The summed E-state index contributed by atoms with van der Waals surface area (Å²) in [5.41, 5.74) is 6.49. The average molecular weight is 524 g/mol. The van der Waals surface area contributed by atoms with Gasteiger partial charge >= 0.3 is 0 Å². The zero-order chi connectivity index (χ0) is 27.5. The molecular weight excluding hydrogens is 494 g/mol. The number of hydrogen-bond acceptors (Lipinski definition) is 6. The van der Waals surface area contributed by atoms with Crippen molar-refractivity contribution in [1.82, 2.24) is 5.43 Å². The van der Waals surface area contributed by atoms with E-state index in [1.165, 1.54) is 13.3 Å². The lowest BCUT2D eigenvalue weighted by atomic mass is 10.2. The Labute approximate surface area is 227 Å². The van der Waals surface area contributed by atoms with Gasteiger partial charge < -0.3 is 19.5 Å². The number of hydrazone groups is 1. The third kappa shape index (κ3) is 8.19. The maximum absolute atomic E-state index is 12.6. The molecule has 8 heteroatoms. The molecule has 39 heavy (non-hydrogen) atoms. The summed E-state index contributed by atoms with van der Waals surface area (Å²) < 4.78 is 16.8. The molecule has 0 saturated carbocycles. The van der Waals surface area contributed by atoms with E-state index in [-0.39, 0.29) is 12.5 Å². The summed E-state index contributed by atoms with van der Waals surface area (Å²) in [5, 5.41) is 6.81. The molecule has 2 amide bonds. The molecule has 2 N–H and O–H groups in total. The number of carbonyl (C=O) groups is 2. The van der Waals surface area contributed by atoms with Crippen molar-refractivity contribution < 1.29 is 23.8 Å². The van der Waals surface area contributed by atoms with E-state index < -0.39 is 5.91 Å². The highest BCUT2D eigenvalue weighted by Crippen LogP contribution is 2.29. The molecule has 0 aliphatic heterocycles. The van der Waals surface area contributed by atoms with Crippen LogP contribution in [0.2, 0.25) is 0 Å². The van der Waals surface area contributed by atoms with Crippen molar-refractivity contribution in [2.45, 2.75) is 13.5 Å². The largest absolute Gasteiger partial charge is 0.493 e. The summed E-state index contributed by atoms with van der Waals surface area (Å²) >= 11 is 0. The number of amides is 2. The average Bonchev–Trinajstić information content (AvgIpc) is 2.97. The van der Waals surface area contributed by atoms with Crippen molar-refractivity contribution in [2.75, 3.05) is 19.0 Å². The molecule has 0 unspecified atom stereocenters. The fraction of sp³-hybridized carbons (Fsp3) is 0.129. The molecule has 0 spiro atoms. The number of hydrogen-bond donors (Lipinski definition) is 2. The number of nitrogens with zero attached hydrogens (tertiary/aromatic N) is 1. The quantitative estimate of drug-likeness (QED) is 0.204. The summed E-state index contributed by atoms with van der Waals surface area (Å²) in [7, 11) is 1.52. The second kappa shape index (κ2) is 13.4. The number of nitrogens with one attached hydrogen (secondary N) is 2. The monoisotopic (exact) mass is 523 g/mol. The van der Waals surface area contributed by atoms with Crippen molar-refractivity contribution in [1.29, 1.82) is 0 Å². The Kier molecular flexibility index (Phi) is 9.28. The Morgan fingerprint density at radius 2 is 1.59 bits per heavy atom. The summed E-state index contributed by atoms with van der Waals surface area (Å²) in [5.74, 6) is 0.886. The van der Waals surface area contributed by atoms with Gasteiger partial charge in [-0.25, -0.2) is 5.43 Å². The zero-order valence-electron chi connectivity index (χ0n) is 21.7. The first-order valence-corrected chi connectivity index (χ1v) is 12.3. The predicted octanol–water partition coefficient (Wildman–Crippen LogP) is 5.36. The molecule has 4 aromatic carbocycles. The van der Waals surface area contributed by atoms with Gasteiger partial charge in [0.25, 0.3) is 11.8 Å². The van der Waals surface area contributed by atoms with Gasteiger partial charge in [0.1, 0.15) is 12.4 Å². The number of methoxy groups -OCH3 is 1. The summed E-state index contributed by atoms with van der Waals surface area (Å²) in [4.78, 5) is 24.7. The minimum atomic E-state index is -0.390. The molecule has 4 aromatic rings. The Bertz CT molecular complexity index is 1420. The molecule has 0 heterocycles. The number of anilines is 1. The lowest BCUT2D eigenvalue weighted by molar-refractivity contribution is -0.118. The SMILES string of the molecule is COc1cc(C(=O)N/N=C/c2ccc(OCC(=O)Nc3ccc(C)cc3)cc2)ccc1OCc1ccccc1. The third-order valence-electron chi connectivity index (χ3n) is 5.63. The molecule has 4 rings (SSSR count). The fourth-order valence-corrected chi connectivity index (χ4v) is 3.53. The van der Waals surface area contributed by atoms with Gasteiger partial charge in [-0.05, 0) is 72.6 Å². The van der Waals surface area contributed by atoms with E-state index in [4.69, 9.17) is 14.2 Å².